The molecule has 0 spiro atoms. The van der Waals surface area contributed by atoms with Crippen LogP contribution in [-0.4, -0.2) is 62.7 Å². The molecule has 0 aromatic carbocycles. The molecule has 0 N–H and O–H groups in total. The highest BCUT2D eigenvalue weighted by molar-refractivity contribution is 6.01. The minimum atomic E-state index is -0.151. The molecule has 0 saturated carbocycles. The van der Waals surface area contributed by atoms with Crippen LogP contribution in [0.1, 0.15) is 37.2 Å². The first kappa shape index (κ1) is 20.9. The van der Waals surface area contributed by atoms with Gasteiger partial charge in [0.15, 0.2) is 0 Å². The predicted octanol–water partition coefficient (Wildman–Crippen LogP) is 3.41. The molecule has 1 aliphatic rings. The number of piperidine rings is 1. The smallest absolute Gasteiger partial charge is 0.272 e. The summed E-state index contributed by atoms with van der Waals surface area (Å²) in [5, 5.41) is 0.887. The Bertz CT molecular complexity index is 1080. The number of hydrogen-bond acceptors (Lipinski definition) is 5. The first-order valence-corrected chi connectivity index (χ1v) is 10.9. The molecule has 1 saturated heterocycles. The van der Waals surface area contributed by atoms with E-state index in [1.807, 2.05) is 43.0 Å². The van der Waals surface area contributed by atoms with Gasteiger partial charge in [-0.1, -0.05) is 0 Å². The largest absolute Gasteiger partial charge is 0.343 e. The molecule has 7 nitrogen and oxygen atoms in total. The van der Waals surface area contributed by atoms with Gasteiger partial charge in [0.2, 0.25) is 5.91 Å². The van der Waals surface area contributed by atoms with Gasteiger partial charge in [-0.2, -0.15) is 0 Å². The van der Waals surface area contributed by atoms with Gasteiger partial charge in [-0.15, -0.1) is 0 Å². The van der Waals surface area contributed by atoms with Crippen molar-refractivity contribution in [1.82, 2.24) is 24.8 Å². The number of likely N-dealkylation sites (tertiary alicyclic amines) is 1. The number of fused-ring (bicyclic) bond motifs is 1. The van der Waals surface area contributed by atoms with Crippen molar-refractivity contribution in [1.29, 1.82) is 0 Å². The molecule has 31 heavy (non-hydrogen) atoms. The maximum Gasteiger partial charge on any atom is 0.272 e. The fourth-order valence-corrected chi connectivity index (χ4v) is 4.27. The van der Waals surface area contributed by atoms with Crippen LogP contribution in [-0.2, 0) is 4.79 Å². The second-order valence-electron chi connectivity index (χ2n) is 7.78. The molecule has 1 fully saturated rings. The summed E-state index contributed by atoms with van der Waals surface area (Å²) in [5.74, 6) is -0.148. The van der Waals surface area contributed by atoms with Crippen molar-refractivity contribution in [3.8, 4) is 11.1 Å². The molecule has 160 valence electrons. The zero-order valence-electron chi connectivity index (χ0n) is 18.0. The van der Waals surface area contributed by atoms with Crippen LogP contribution in [0.3, 0.4) is 0 Å². The molecule has 7 heteroatoms. The van der Waals surface area contributed by atoms with Crippen LogP contribution in [0.5, 0.6) is 0 Å². The van der Waals surface area contributed by atoms with E-state index in [0.717, 1.165) is 34.9 Å². The molecule has 0 aliphatic carbocycles. The Morgan fingerprint density at radius 2 is 1.84 bits per heavy atom. The van der Waals surface area contributed by atoms with Crippen LogP contribution in [0.2, 0.25) is 0 Å². The van der Waals surface area contributed by atoms with E-state index < -0.39 is 0 Å². The number of hydrogen-bond donors (Lipinski definition) is 0. The van der Waals surface area contributed by atoms with Crippen molar-refractivity contribution >= 4 is 22.7 Å². The van der Waals surface area contributed by atoms with Gasteiger partial charge >= 0.3 is 0 Å². The molecule has 1 atom stereocenters. The van der Waals surface area contributed by atoms with Crippen molar-refractivity contribution in [3.63, 3.8) is 0 Å². The van der Waals surface area contributed by atoms with Crippen LogP contribution in [0.25, 0.3) is 22.0 Å². The summed E-state index contributed by atoms with van der Waals surface area (Å²) in [6.07, 6.45) is 8.54. The highest BCUT2D eigenvalue weighted by atomic mass is 16.2. The maximum absolute atomic E-state index is 13.4. The number of carbonyl (C=O) groups is 2. The van der Waals surface area contributed by atoms with Crippen LogP contribution >= 0.6 is 0 Å². The summed E-state index contributed by atoms with van der Waals surface area (Å²) in [7, 11) is 0. The van der Waals surface area contributed by atoms with Gasteiger partial charge in [-0.25, -0.2) is 4.98 Å². The Kier molecular flexibility index (Phi) is 6.21. The summed E-state index contributed by atoms with van der Waals surface area (Å²) in [4.78, 5) is 42.8. The molecule has 3 aromatic heterocycles. The topological polar surface area (TPSA) is 79.3 Å². The average molecular weight is 418 g/mol. The lowest BCUT2D eigenvalue weighted by molar-refractivity contribution is -0.136. The third kappa shape index (κ3) is 4.26. The van der Waals surface area contributed by atoms with Crippen LogP contribution in [0.15, 0.2) is 49.1 Å². The first-order chi connectivity index (χ1) is 15.1. The average Bonchev–Trinajstić information content (AvgIpc) is 2.84. The molecule has 0 unspecified atom stereocenters. The predicted molar refractivity (Wildman–Crippen MR) is 119 cm³/mol. The van der Waals surface area contributed by atoms with Crippen molar-refractivity contribution < 1.29 is 9.59 Å². The van der Waals surface area contributed by atoms with Crippen LogP contribution in [0, 0.1) is 5.92 Å². The van der Waals surface area contributed by atoms with E-state index in [9.17, 15) is 9.59 Å². The second-order valence-corrected chi connectivity index (χ2v) is 7.78. The Morgan fingerprint density at radius 3 is 2.58 bits per heavy atom. The van der Waals surface area contributed by atoms with Crippen molar-refractivity contribution in [2.75, 3.05) is 26.2 Å². The number of aromatic nitrogens is 3. The summed E-state index contributed by atoms with van der Waals surface area (Å²) in [6.45, 7) is 6.43. The lowest BCUT2D eigenvalue weighted by Gasteiger charge is -2.34. The van der Waals surface area contributed by atoms with Gasteiger partial charge in [0.1, 0.15) is 5.69 Å². The molecular formula is C24H27N5O2. The number of nitrogens with zero attached hydrogens (tertiary/aromatic N) is 5. The molecular weight excluding hydrogens is 390 g/mol. The summed E-state index contributed by atoms with van der Waals surface area (Å²) in [5.41, 5.74) is 2.97. The summed E-state index contributed by atoms with van der Waals surface area (Å²) in [6, 6.07) is 7.47. The van der Waals surface area contributed by atoms with Gasteiger partial charge in [0, 0.05) is 56.4 Å². The number of rotatable bonds is 5. The zero-order chi connectivity index (χ0) is 21.8. The molecule has 4 rings (SSSR count). The quantitative estimate of drug-likeness (QED) is 0.636. The monoisotopic (exact) mass is 417 g/mol. The normalized spacial score (nSPS) is 16.3. The standard InChI is InChI=1S/C24H27N5O2/c1-3-28(4-2)23(30)18-6-5-13-29(16-18)24(31)22-14-19(17-7-10-25-11-8-17)20-15-26-12-9-21(20)27-22/h7-12,14-15,18H,3-6,13,16H2,1-2H3/t18-/m1/s1. The fourth-order valence-electron chi connectivity index (χ4n) is 4.27. The van der Waals surface area contributed by atoms with Crippen molar-refractivity contribution in [2.45, 2.75) is 26.7 Å². The lowest BCUT2D eigenvalue weighted by atomic mass is 9.95. The zero-order valence-corrected chi connectivity index (χ0v) is 18.0. The Hall–Kier alpha value is -3.35. The highest BCUT2D eigenvalue weighted by Crippen LogP contribution is 2.29. The van der Waals surface area contributed by atoms with Gasteiger partial charge in [-0.3, -0.25) is 19.6 Å². The van der Waals surface area contributed by atoms with E-state index in [1.54, 1.807) is 29.7 Å². The Labute approximate surface area is 182 Å². The molecule has 2 amide bonds. The van der Waals surface area contributed by atoms with Gasteiger partial charge < -0.3 is 9.80 Å². The molecule has 1 aliphatic heterocycles. The molecule has 0 bridgehead atoms. The third-order valence-electron chi connectivity index (χ3n) is 5.95. The molecule has 4 heterocycles. The van der Waals surface area contributed by atoms with E-state index >= 15 is 0 Å². The number of pyridine rings is 3. The van der Waals surface area contributed by atoms with E-state index in [-0.39, 0.29) is 17.7 Å². The van der Waals surface area contributed by atoms with E-state index in [0.29, 0.717) is 31.9 Å². The van der Waals surface area contributed by atoms with Crippen LogP contribution in [0.4, 0.5) is 0 Å². The van der Waals surface area contributed by atoms with Gasteiger partial charge in [0.25, 0.3) is 5.91 Å². The van der Waals surface area contributed by atoms with E-state index in [1.165, 1.54) is 0 Å². The van der Waals surface area contributed by atoms with Gasteiger partial charge in [-0.05, 0) is 62.1 Å². The second kappa shape index (κ2) is 9.20. The Balaban J connectivity index is 1.66. The van der Waals surface area contributed by atoms with Gasteiger partial charge in [0.05, 0.1) is 11.4 Å². The number of amides is 2. The first-order valence-electron chi connectivity index (χ1n) is 10.9. The maximum atomic E-state index is 13.4. The summed E-state index contributed by atoms with van der Waals surface area (Å²) >= 11 is 0. The Morgan fingerprint density at radius 1 is 1.10 bits per heavy atom. The summed E-state index contributed by atoms with van der Waals surface area (Å²) < 4.78 is 0. The minimum Gasteiger partial charge on any atom is -0.343 e. The fraction of sp³-hybridized carbons (Fsp3) is 0.375. The number of carbonyl (C=O) groups excluding carboxylic acids is 2. The van der Waals surface area contributed by atoms with E-state index in [2.05, 4.69) is 15.0 Å². The van der Waals surface area contributed by atoms with E-state index in [4.69, 9.17) is 0 Å². The minimum absolute atomic E-state index is 0.133. The highest BCUT2D eigenvalue weighted by Gasteiger charge is 2.31. The van der Waals surface area contributed by atoms with Crippen molar-refractivity contribution in [2.24, 2.45) is 5.92 Å². The SMILES string of the molecule is CCN(CC)C(=O)[C@@H]1CCCN(C(=O)c2cc(-c3ccncc3)c3cnccc3n2)C1. The molecule has 3 aromatic rings. The van der Waals surface area contributed by atoms with Crippen LogP contribution < -0.4 is 0 Å². The van der Waals surface area contributed by atoms with Crippen molar-refractivity contribution in [3.05, 3.63) is 54.7 Å². The third-order valence-corrected chi connectivity index (χ3v) is 5.95. The lowest BCUT2D eigenvalue weighted by Crippen LogP contribution is -2.46. The molecule has 0 radical (unpaired) electrons.